The first kappa shape index (κ1) is 28.4. The fraction of sp³-hybridized carbons (Fsp3) is 0.125. The maximum absolute atomic E-state index is 12.7. The second kappa shape index (κ2) is 14.0. The third kappa shape index (κ3) is 7.15. The molecule has 1 N–H and O–H groups in total. The predicted octanol–water partition coefficient (Wildman–Crippen LogP) is 5.77. The van der Waals surface area contributed by atoms with Crippen molar-refractivity contribution in [1.82, 2.24) is 20.2 Å². The number of hydrogen-bond acceptors (Lipinski definition) is 8. The Morgan fingerprint density at radius 1 is 0.881 bits per heavy atom. The van der Waals surface area contributed by atoms with Crippen LogP contribution in [0.4, 0.5) is 0 Å². The fourth-order valence-electron chi connectivity index (χ4n) is 4.06. The van der Waals surface area contributed by atoms with Crippen LogP contribution >= 0.6 is 11.8 Å². The van der Waals surface area contributed by atoms with Gasteiger partial charge in [0.15, 0.2) is 22.5 Å². The van der Waals surface area contributed by atoms with E-state index in [1.807, 2.05) is 102 Å². The Labute approximate surface area is 248 Å². The van der Waals surface area contributed by atoms with E-state index in [9.17, 15) is 4.79 Å². The lowest BCUT2D eigenvalue weighted by atomic mass is 10.2. The topological polar surface area (TPSA) is 99.9 Å². The van der Waals surface area contributed by atoms with Crippen molar-refractivity contribution in [3.05, 3.63) is 114 Å². The van der Waals surface area contributed by atoms with Crippen molar-refractivity contribution in [3.8, 4) is 34.3 Å². The first-order valence-electron chi connectivity index (χ1n) is 13.1. The molecule has 0 bridgehead atoms. The number of hydrazone groups is 1. The molecule has 1 aromatic heterocycles. The number of carbonyl (C=O) groups is 1. The minimum atomic E-state index is -0.282. The van der Waals surface area contributed by atoms with E-state index >= 15 is 0 Å². The minimum Gasteiger partial charge on any atom is -0.497 e. The average Bonchev–Trinajstić information content (AvgIpc) is 3.48. The fourth-order valence-corrected chi connectivity index (χ4v) is 4.81. The number of thioether (sulfide) groups is 1. The van der Waals surface area contributed by atoms with Gasteiger partial charge < -0.3 is 14.2 Å². The Bertz CT molecular complexity index is 1640. The summed E-state index contributed by atoms with van der Waals surface area (Å²) < 4.78 is 18.6. The first-order valence-corrected chi connectivity index (χ1v) is 14.1. The molecule has 0 aliphatic heterocycles. The van der Waals surface area contributed by atoms with E-state index < -0.39 is 0 Å². The molecule has 5 rings (SSSR count). The van der Waals surface area contributed by atoms with Crippen LogP contribution in [0.2, 0.25) is 0 Å². The second-order valence-electron chi connectivity index (χ2n) is 8.97. The zero-order valence-corrected chi connectivity index (χ0v) is 24.0. The Morgan fingerprint density at radius 2 is 1.62 bits per heavy atom. The van der Waals surface area contributed by atoms with Crippen molar-refractivity contribution in [2.24, 2.45) is 5.10 Å². The van der Waals surface area contributed by atoms with Gasteiger partial charge in [-0.1, -0.05) is 72.4 Å². The Kier molecular flexibility index (Phi) is 9.48. The third-order valence-corrected chi connectivity index (χ3v) is 7.08. The van der Waals surface area contributed by atoms with E-state index in [-0.39, 0.29) is 11.7 Å². The minimum absolute atomic E-state index is 0.0917. The highest BCUT2D eigenvalue weighted by Crippen LogP contribution is 2.30. The molecule has 42 heavy (non-hydrogen) atoms. The molecular weight excluding hydrogens is 550 g/mol. The lowest BCUT2D eigenvalue weighted by molar-refractivity contribution is -0.118. The largest absolute Gasteiger partial charge is 0.497 e. The van der Waals surface area contributed by atoms with Gasteiger partial charge >= 0.3 is 0 Å². The molecular formula is C32H29N5O4S. The van der Waals surface area contributed by atoms with Crippen LogP contribution in [0.5, 0.6) is 17.2 Å². The zero-order chi connectivity index (χ0) is 29.1. The molecule has 0 radical (unpaired) electrons. The molecule has 0 aliphatic carbocycles. The number of hydrogen-bond donors (Lipinski definition) is 1. The van der Waals surface area contributed by atoms with Gasteiger partial charge in [-0.2, -0.15) is 5.10 Å². The predicted molar refractivity (Wildman–Crippen MR) is 164 cm³/mol. The van der Waals surface area contributed by atoms with Gasteiger partial charge in [-0.05, 0) is 53.6 Å². The number of benzene rings is 4. The number of rotatable bonds is 12. The third-order valence-electron chi connectivity index (χ3n) is 6.16. The molecule has 0 fully saturated rings. The quantitative estimate of drug-likeness (QED) is 0.114. The van der Waals surface area contributed by atoms with Crippen molar-refractivity contribution >= 4 is 23.9 Å². The molecule has 9 nitrogen and oxygen atoms in total. The van der Waals surface area contributed by atoms with Crippen LogP contribution in [0.25, 0.3) is 17.1 Å². The molecule has 1 amide bonds. The number of amides is 1. The molecule has 0 saturated heterocycles. The highest BCUT2D eigenvalue weighted by Gasteiger charge is 2.17. The number of aromatic nitrogens is 3. The molecule has 5 aromatic rings. The average molecular weight is 580 g/mol. The van der Waals surface area contributed by atoms with Crippen LogP contribution in [-0.4, -0.2) is 46.9 Å². The smallest absolute Gasteiger partial charge is 0.250 e. The number of ether oxygens (including phenoxy) is 3. The van der Waals surface area contributed by atoms with E-state index in [4.69, 9.17) is 14.2 Å². The van der Waals surface area contributed by atoms with Gasteiger partial charge in [0.25, 0.3) is 5.91 Å². The van der Waals surface area contributed by atoms with Crippen LogP contribution in [0.1, 0.15) is 11.1 Å². The van der Waals surface area contributed by atoms with Crippen LogP contribution in [0.3, 0.4) is 0 Å². The van der Waals surface area contributed by atoms with Crippen molar-refractivity contribution < 1.29 is 19.0 Å². The van der Waals surface area contributed by atoms with Gasteiger partial charge in [-0.15, -0.1) is 10.2 Å². The van der Waals surface area contributed by atoms with Gasteiger partial charge in [0.1, 0.15) is 12.4 Å². The summed E-state index contributed by atoms with van der Waals surface area (Å²) in [5.74, 6) is 2.42. The van der Waals surface area contributed by atoms with Crippen LogP contribution < -0.4 is 19.6 Å². The van der Waals surface area contributed by atoms with E-state index in [2.05, 4.69) is 20.7 Å². The van der Waals surface area contributed by atoms with Crippen molar-refractivity contribution in [2.45, 2.75) is 11.8 Å². The highest BCUT2D eigenvalue weighted by atomic mass is 32.2. The number of nitrogens with one attached hydrogen (secondary N) is 1. The molecule has 0 spiro atoms. The normalized spacial score (nSPS) is 10.9. The molecule has 0 unspecified atom stereocenters. The first-order chi connectivity index (χ1) is 20.6. The summed E-state index contributed by atoms with van der Waals surface area (Å²) in [6, 6.07) is 32.7. The summed E-state index contributed by atoms with van der Waals surface area (Å²) in [6.45, 7) is 0.402. The van der Waals surface area contributed by atoms with Gasteiger partial charge in [0, 0.05) is 11.3 Å². The van der Waals surface area contributed by atoms with E-state index in [1.54, 1.807) is 26.5 Å². The molecule has 4 aromatic carbocycles. The monoisotopic (exact) mass is 579 g/mol. The number of nitrogens with zero attached hydrogens (tertiary/aromatic N) is 4. The van der Waals surface area contributed by atoms with Gasteiger partial charge in [-0.3, -0.25) is 9.36 Å². The summed E-state index contributed by atoms with van der Waals surface area (Å²) in [7, 11) is 3.22. The van der Waals surface area contributed by atoms with Crippen LogP contribution in [0, 0.1) is 0 Å². The van der Waals surface area contributed by atoms with E-state index in [0.29, 0.717) is 29.1 Å². The lowest BCUT2D eigenvalue weighted by Crippen LogP contribution is -2.20. The summed E-state index contributed by atoms with van der Waals surface area (Å²) in [6.07, 6.45) is 1.56. The van der Waals surface area contributed by atoms with Crippen molar-refractivity contribution in [1.29, 1.82) is 0 Å². The van der Waals surface area contributed by atoms with Crippen LogP contribution in [0.15, 0.2) is 113 Å². The lowest BCUT2D eigenvalue weighted by Gasteiger charge is -2.11. The Balaban J connectivity index is 1.24. The molecule has 0 atom stereocenters. The van der Waals surface area contributed by atoms with E-state index in [0.717, 1.165) is 28.1 Å². The maximum Gasteiger partial charge on any atom is 0.250 e. The summed E-state index contributed by atoms with van der Waals surface area (Å²) in [5.41, 5.74) is 6.14. The molecule has 212 valence electrons. The number of carbonyl (C=O) groups excluding carboxylic acids is 1. The second-order valence-corrected chi connectivity index (χ2v) is 9.91. The van der Waals surface area contributed by atoms with Gasteiger partial charge in [0.2, 0.25) is 0 Å². The Hall–Kier alpha value is -5.09. The SMILES string of the molecule is COc1ccc(-n2c(SCC(=O)N/N=C\c3ccc(OC)c(OCc4ccccc4)c3)nnc2-c2ccccc2)cc1. The maximum atomic E-state index is 12.7. The molecule has 1 heterocycles. The van der Waals surface area contributed by atoms with Crippen LogP contribution in [-0.2, 0) is 11.4 Å². The zero-order valence-electron chi connectivity index (χ0n) is 23.1. The molecule has 0 aliphatic rings. The summed E-state index contributed by atoms with van der Waals surface area (Å²) in [4.78, 5) is 12.7. The Morgan fingerprint density at radius 3 is 2.33 bits per heavy atom. The van der Waals surface area contributed by atoms with E-state index in [1.165, 1.54) is 11.8 Å². The van der Waals surface area contributed by atoms with Crippen molar-refractivity contribution in [2.75, 3.05) is 20.0 Å². The summed E-state index contributed by atoms with van der Waals surface area (Å²) in [5, 5.41) is 13.5. The highest BCUT2D eigenvalue weighted by molar-refractivity contribution is 7.99. The van der Waals surface area contributed by atoms with Gasteiger partial charge in [-0.25, -0.2) is 5.43 Å². The molecule has 10 heteroatoms. The van der Waals surface area contributed by atoms with Gasteiger partial charge in [0.05, 0.1) is 26.2 Å². The number of methoxy groups -OCH3 is 2. The molecule has 0 saturated carbocycles. The van der Waals surface area contributed by atoms with Crippen molar-refractivity contribution in [3.63, 3.8) is 0 Å². The summed E-state index contributed by atoms with van der Waals surface area (Å²) >= 11 is 1.27. The standard InChI is InChI=1S/C32H29N5O4S/c1-39-27-16-14-26(15-17-27)37-31(25-11-7-4-8-12-25)35-36-32(37)42-22-30(38)34-33-20-24-13-18-28(40-2)29(19-24)41-21-23-9-5-3-6-10-23/h3-20H,21-22H2,1-2H3,(H,34,38)/b33-20-.